The van der Waals surface area contributed by atoms with Crippen LogP contribution in [0, 0.1) is 13.8 Å². The van der Waals surface area contributed by atoms with E-state index in [4.69, 9.17) is 4.74 Å². The highest BCUT2D eigenvalue weighted by Crippen LogP contribution is 2.19. The van der Waals surface area contributed by atoms with Crippen molar-refractivity contribution in [2.45, 2.75) is 18.7 Å². The van der Waals surface area contributed by atoms with Crippen molar-refractivity contribution in [1.29, 1.82) is 0 Å². The second-order valence-corrected chi connectivity index (χ2v) is 9.09. The van der Waals surface area contributed by atoms with Gasteiger partial charge in [0, 0.05) is 0 Å². The van der Waals surface area contributed by atoms with Crippen LogP contribution in [0.5, 0.6) is 0 Å². The molecule has 0 radical (unpaired) electrons. The van der Waals surface area contributed by atoms with E-state index in [1.165, 1.54) is 4.90 Å². The van der Waals surface area contributed by atoms with Crippen LogP contribution < -0.4 is 4.90 Å². The average molecular weight is 404 g/mol. The van der Waals surface area contributed by atoms with E-state index in [0.29, 0.717) is 49.8 Å². The maximum Gasteiger partial charge on any atom is 0.338 e. The highest BCUT2D eigenvalue weighted by Gasteiger charge is 2.30. The SMILES string of the molecule is Cc1ccc(S(=O)(=O)N2CC[NH+](CCOC(=O)c3ccccc3)CC2)cc1C. The number of aryl methyl sites for hydroxylation is 2. The molecule has 0 amide bonds. The molecule has 0 aliphatic carbocycles. The lowest BCUT2D eigenvalue weighted by molar-refractivity contribution is -0.903. The fourth-order valence-corrected chi connectivity index (χ4v) is 4.79. The number of benzene rings is 2. The number of nitrogens with zero attached hydrogens (tertiary/aromatic N) is 1. The third kappa shape index (κ3) is 4.79. The fraction of sp³-hybridized carbons (Fsp3) is 0.381. The lowest BCUT2D eigenvalue weighted by atomic mass is 10.1. The number of ether oxygens (including phenoxy) is 1. The summed E-state index contributed by atoms with van der Waals surface area (Å²) in [7, 11) is -3.46. The van der Waals surface area contributed by atoms with Gasteiger partial charge in [0.2, 0.25) is 10.0 Å². The normalized spacial score (nSPS) is 16.1. The Morgan fingerprint density at radius 3 is 2.36 bits per heavy atom. The molecule has 2 aromatic carbocycles. The Morgan fingerprint density at radius 1 is 1.04 bits per heavy atom. The van der Waals surface area contributed by atoms with Gasteiger partial charge in [-0.15, -0.1) is 0 Å². The van der Waals surface area contributed by atoms with E-state index >= 15 is 0 Å². The molecule has 6 nitrogen and oxygen atoms in total. The summed E-state index contributed by atoms with van der Waals surface area (Å²) >= 11 is 0. The Bertz CT molecular complexity index is 921. The molecule has 2 aromatic rings. The van der Waals surface area contributed by atoms with Crippen molar-refractivity contribution >= 4 is 16.0 Å². The minimum atomic E-state index is -3.46. The third-order valence-corrected chi connectivity index (χ3v) is 7.14. The van der Waals surface area contributed by atoms with Gasteiger partial charge < -0.3 is 9.64 Å². The number of rotatable bonds is 6. The van der Waals surface area contributed by atoms with Gasteiger partial charge in [-0.05, 0) is 49.2 Å². The van der Waals surface area contributed by atoms with Crippen molar-refractivity contribution in [3.8, 4) is 0 Å². The lowest BCUT2D eigenvalue weighted by Gasteiger charge is -2.31. The van der Waals surface area contributed by atoms with Crippen LogP contribution in [0.1, 0.15) is 21.5 Å². The number of hydrogen-bond donors (Lipinski definition) is 1. The van der Waals surface area contributed by atoms with Gasteiger partial charge in [-0.2, -0.15) is 4.31 Å². The highest BCUT2D eigenvalue weighted by molar-refractivity contribution is 7.89. The molecular formula is C21H27N2O4S+. The second kappa shape index (κ2) is 8.86. The van der Waals surface area contributed by atoms with Gasteiger partial charge in [-0.1, -0.05) is 24.3 Å². The monoisotopic (exact) mass is 403 g/mol. The Labute approximate surface area is 166 Å². The van der Waals surface area contributed by atoms with Crippen molar-refractivity contribution in [1.82, 2.24) is 4.31 Å². The first kappa shape index (κ1) is 20.5. The molecule has 0 atom stereocenters. The zero-order valence-electron chi connectivity index (χ0n) is 16.3. The predicted molar refractivity (Wildman–Crippen MR) is 107 cm³/mol. The van der Waals surface area contributed by atoms with Crippen LogP contribution in [0.2, 0.25) is 0 Å². The van der Waals surface area contributed by atoms with Crippen molar-refractivity contribution in [2.75, 3.05) is 39.3 Å². The zero-order valence-corrected chi connectivity index (χ0v) is 17.2. The summed E-state index contributed by atoms with van der Waals surface area (Å²) in [6, 6.07) is 14.2. The summed E-state index contributed by atoms with van der Waals surface area (Å²) in [5.41, 5.74) is 2.60. The molecule has 1 heterocycles. The van der Waals surface area contributed by atoms with Crippen LogP contribution in [0.15, 0.2) is 53.4 Å². The summed E-state index contributed by atoms with van der Waals surface area (Å²) in [6.45, 7) is 7.24. The summed E-state index contributed by atoms with van der Waals surface area (Å²) in [5.74, 6) is -0.323. The van der Waals surface area contributed by atoms with Crippen LogP contribution in [0.3, 0.4) is 0 Å². The molecule has 0 unspecified atom stereocenters. The first-order valence-electron chi connectivity index (χ1n) is 9.51. The quantitative estimate of drug-likeness (QED) is 0.732. The Hall–Kier alpha value is -2.22. The summed E-state index contributed by atoms with van der Waals surface area (Å²) < 4.78 is 32.6. The molecular weight excluding hydrogens is 376 g/mol. The molecule has 0 aromatic heterocycles. The molecule has 0 saturated carbocycles. The molecule has 7 heteroatoms. The largest absolute Gasteiger partial charge is 0.456 e. The van der Waals surface area contributed by atoms with E-state index in [0.717, 1.165) is 11.1 Å². The molecule has 1 N–H and O–H groups in total. The molecule has 3 rings (SSSR count). The predicted octanol–water partition coefficient (Wildman–Crippen LogP) is 1.05. The molecule has 0 bridgehead atoms. The molecule has 1 aliphatic rings. The van der Waals surface area contributed by atoms with Gasteiger partial charge in [-0.3, -0.25) is 0 Å². The summed E-state index contributed by atoms with van der Waals surface area (Å²) in [6.07, 6.45) is 0. The number of piperazine rings is 1. The van der Waals surface area contributed by atoms with Gasteiger partial charge >= 0.3 is 5.97 Å². The van der Waals surface area contributed by atoms with E-state index in [1.807, 2.05) is 26.0 Å². The van der Waals surface area contributed by atoms with Gasteiger partial charge in [-0.25, -0.2) is 13.2 Å². The minimum Gasteiger partial charge on any atom is -0.456 e. The van der Waals surface area contributed by atoms with Gasteiger partial charge in [0.05, 0.1) is 36.6 Å². The third-order valence-electron chi connectivity index (χ3n) is 5.24. The summed E-state index contributed by atoms with van der Waals surface area (Å²) in [5, 5.41) is 0. The van der Waals surface area contributed by atoms with Crippen molar-refractivity contribution in [2.24, 2.45) is 0 Å². The van der Waals surface area contributed by atoms with Crippen LogP contribution in [0.25, 0.3) is 0 Å². The smallest absolute Gasteiger partial charge is 0.338 e. The van der Waals surface area contributed by atoms with E-state index in [2.05, 4.69) is 0 Å². The number of carbonyl (C=O) groups excluding carboxylic acids is 1. The van der Waals surface area contributed by atoms with Crippen molar-refractivity contribution in [3.05, 3.63) is 65.2 Å². The van der Waals surface area contributed by atoms with Crippen LogP contribution in [-0.2, 0) is 14.8 Å². The standard InChI is InChI=1S/C21H26N2O4S/c1-17-8-9-20(16-18(17)2)28(25,26)23-12-10-22(11-13-23)14-15-27-21(24)19-6-4-3-5-7-19/h3-9,16H,10-15H2,1-2H3/p+1. The maximum absolute atomic E-state index is 12.9. The van der Waals surface area contributed by atoms with Crippen LogP contribution in [-0.4, -0.2) is 58.0 Å². The van der Waals surface area contributed by atoms with E-state index in [9.17, 15) is 13.2 Å². The Balaban J connectivity index is 1.49. The zero-order chi connectivity index (χ0) is 20.1. The van der Waals surface area contributed by atoms with E-state index in [-0.39, 0.29) is 5.97 Å². The first-order valence-corrected chi connectivity index (χ1v) is 10.9. The number of esters is 1. The van der Waals surface area contributed by atoms with E-state index in [1.54, 1.807) is 40.7 Å². The molecule has 1 saturated heterocycles. The summed E-state index contributed by atoms with van der Waals surface area (Å²) in [4.78, 5) is 13.6. The molecule has 1 aliphatic heterocycles. The van der Waals surface area contributed by atoms with E-state index < -0.39 is 10.0 Å². The molecule has 150 valence electrons. The minimum absolute atomic E-state index is 0.323. The Kier molecular flexibility index (Phi) is 6.49. The second-order valence-electron chi connectivity index (χ2n) is 7.15. The lowest BCUT2D eigenvalue weighted by Crippen LogP contribution is -3.15. The average Bonchev–Trinajstić information content (AvgIpc) is 2.71. The molecule has 28 heavy (non-hydrogen) atoms. The topological polar surface area (TPSA) is 68.1 Å². The number of sulfonamides is 1. The molecule has 1 fully saturated rings. The van der Waals surface area contributed by atoms with Gasteiger partial charge in [0.1, 0.15) is 13.2 Å². The number of hydrogen-bond acceptors (Lipinski definition) is 4. The highest BCUT2D eigenvalue weighted by atomic mass is 32.2. The Morgan fingerprint density at radius 2 is 1.71 bits per heavy atom. The number of carbonyl (C=O) groups is 1. The van der Waals surface area contributed by atoms with Gasteiger partial charge in [0.25, 0.3) is 0 Å². The molecule has 0 spiro atoms. The van der Waals surface area contributed by atoms with Crippen LogP contribution in [0.4, 0.5) is 0 Å². The fourth-order valence-electron chi connectivity index (χ4n) is 3.26. The van der Waals surface area contributed by atoms with Crippen molar-refractivity contribution in [3.63, 3.8) is 0 Å². The number of quaternary nitrogens is 1. The number of nitrogens with one attached hydrogen (secondary N) is 1. The van der Waals surface area contributed by atoms with Crippen molar-refractivity contribution < 1.29 is 22.8 Å². The van der Waals surface area contributed by atoms with Gasteiger partial charge in [0.15, 0.2) is 0 Å². The van der Waals surface area contributed by atoms with Crippen LogP contribution >= 0.6 is 0 Å². The maximum atomic E-state index is 12.9. The first-order chi connectivity index (χ1) is 13.4.